The van der Waals surface area contributed by atoms with E-state index in [4.69, 9.17) is 10.5 Å². The highest BCUT2D eigenvalue weighted by molar-refractivity contribution is 5.85. The Morgan fingerprint density at radius 1 is 0.893 bits per heavy atom. The first-order chi connectivity index (χ1) is 26.4. The van der Waals surface area contributed by atoms with E-state index in [0.29, 0.717) is 38.3 Å². The van der Waals surface area contributed by atoms with Crippen molar-refractivity contribution in [3.8, 4) is 11.8 Å². The standard InChI is InChI=1S/C24H44N4O4.C16H13N.C4H8.C2H6O/c1-9-10-11-19(29)27-14-24(7,8)16-32-15-23(5,6)12-20(30)26-13-21(31)28-22(17(2)3)18(4)25;1-17-12-15-8-3-2-6-13(15)10-11-14-7-4-5-9-16(14)17;1-3-4-2;1-3-2/h9,17,22H,1,4,10-16,25H2,2-3,5-8H3,(H,26,30)(H,27,29)(H,28,31);2-9H,12H2,1H3;3H,1,4H2,2H3;1-2H3. The number of hydrogen-bond acceptors (Lipinski definition) is 7. The lowest BCUT2D eigenvalue weighted by atomic mass is 9.89. The van der Waals surface area contributed by atoms with Crippen LogP contribution in [0, 0.1) is 28.6 Å². The average Bonchev–Trinajstić information content (AvgIpc) is 3.13. The molecule has 2 aromatic carbocycles. The number of carbonyl (C=O) groups excluding carboxylic acids is 3. The Bertz CT molecular complexity index is 1590. The number of allylic oxidation sites excluding steroid dienone is 2. The van der Waals surface area contributed by atoms with Gasteiger partial charge >= 0.3 is 0 Å². The molecule has 0 radical (unpaired) electrons. The molecule has 1 heterocycles. The van der Waals surface area contributed by atoms with Gasteiger partial charge in [-0.2, -0.15) is 0 Å². The van der Waals surface area contributed by atoms with E-state index in [1.165, 1.54) is 11.3 Å². The molecule has 1 aliphatic heterocycles. The van der Waals surface area contributed by atoms with Crippen LogP contribution >= 0.6 is 0 Å². The van der Waals surface area contributed by atoms with E-state index in [9.17, 15) is 14.4 Å². The highest BCUT2D eigenvalue weighted by Crippen LogP contribution is 2.24. The number of methoxy groups -OCH3 is 1. The SMILES string of the molecule is C=CCC.C=CCCC(=O)NCC(C)(C)COCC(C)(C)CC(=O)NCC(=O)NC(C(=C)N)C(C)C.CN1Cc2ccccc2C#Cc2ccccc21.COC. The van der Waals surface area contributed by atoms with Gasteiger partial charge < -0.3 is 36.1 Å². The highest BCUT2D eigenvalue weighted by Gasteiger charge is 2.26. The van der Waals surface area contributed by atoms with Crippen LogP contribution in [0.15, 0.2) is 86.1 Å². The van der Waals surface area contributed by atoms with Crippen LogP contribution in [0.3, 0.4) is 0 Å². The third-order valence-corrected chi connectivity index (χ3v) is 8.15. The van der Waals surface area contributed by atoms with Crippen LogP contribution < -0.4 is 26.6 Å². The number of anilines is 1. The molecule has 10 nitrogen and oxygen atoms in total. The molecule has 1 unspecified atom stereocenters. The molecule has 3 rings (SSSR count). The van der Waals surface area contributed by atoms with Crippen molar-refractivity contribution in [2.24, 2.45) is 22.5 Å². The van der Waals surface area contributed by atoms with Crippen molar-refractivity contribution in [3.05, 3.63) is 103 Å². The van der Waals surface area contributed by atoms with Crippen LogP contribution in [0.25, 0.3) is 0 Å². The Hall–Kier alpha value is -4.85. The number of hydrogen-bond donors (Lipinski definition) is 4. The predicted octanol–water partition coefficient (Wildman–Crippen LogP) is 7.14. The van der Waals surface area contributed by atoms with E-state index in [1.807, 2.05) is 59.8 Å². The van der Waals surface area contributed by atoms with Gasteiger partial charge in [-0.25, -0.2) is 0 Å². The average molecular weight is 774 g/mol. The summed E-state index contributed by atoms with van der Waals surface area (Å²) in [6.07, 6.45) is 5.98. The van der Waals surface area contributed by atoms with Crippen molar-refractivity contribution in [2.45, 2.75) is 86.7 Å². The number of amides is 3. The third kappa shape index (κ3) is 22.5. The van der Waals surface area contributed by atoms with Crippen molar-refractivity contribution < 1.29 is 23.9 Å². The van der Waals surface area contributed by atoms with Crippen LogP contribution in [-0.2, 0) is 30.4 Å². The monoisotopic (exact) mass is 774 g/mol. The highest BCUT2D eigenvalue weighted by atomic mass is 16.5. The zero-order valence-corrected chi connectivity index (χ0v) is 36.0. The zero-order valence-electron chi connectivity index (χ0n) is 36.0. The molecule has 1 atom stereocenters. The number of nitrogens with two attached hydrogens (primary N) is 1. The van der Waals surface area contributed by atoms with Crippen molar-refractivity contribution in [3.63, 3.8) is 0 Å². The van der Waals surface area contributed by atoms with Gasteiger partial charge in [-0.15, -0.1) is 13.2 Å². The first-order valence-corrected chi connectivity index (χ1v) is 19.2. The van der Waals surface area contributed by atoms with Gasteiger partial charge in [0.05, 0.1) is 31.5 Å². The number of carbonyl (C=O) groups is 3. The van der Waals surface area contributed by atoms with Crippen LogP contribution in [0.2, 0.25) is 0 Å². The molecule has 2 aromatic rings. The summed E-state index contributed by atoms with van der Waals surface area (Å²) in [5.74, 6) is 6.09. The molecule has 310 valence electrons. The number of para-hydroxylation sites is 1. The van der Waals surface area contributed by atoms with E-state index in [2.05, 4.69) is 108 Å². The van der Waals surface area contributed by atoms with E-state index in [-0.39, 0.29) is 48.1 Å². The molecule has 10 heteroatoms. The minimum absolute atomic E-state index is 0.00509. The van der Waals surface area contributed by atoms with Crippen molar-refractivity contribution in [1.82, 2.24) is 16.0 Å². The molecular formula is C46H71N5O5. The summed E-state index contributed by atoms with van der Waals surface area (Å²) < 4.78 is 10.1. The molecule has 0 aliphatic carbocycles. The normalized spacial score (nSPS) is 11.9. The molecule has 3 amide bonds. The summed E-state index contributed by atoms with van der Waals surface area (Å²) >= 11 is 0. The van der Waals surface area contributed by atoms with Gasteiger partial charge in [0.15, 0.2) is 0 Å². The molecule has 5 N–H and O–H groups in total. The molecule has 0 aromatic heterocycles. The Kier molecular flexibility index (Phi) is 25.3. The largest absolute Gasteiger partial charge is 0.401 e. The van der Waals surface area contributed by atoms with Gasteiger partial charge in [0, 0.05) is 69.4 Å². The second-order valence-corrected chi connectivity index (χ2v) is 15.6. The van der Waals surface area contributed by atoms with Crippen LogP contribution in [0.5, 0.6) is 0 Å². The van der Waals surface area contributed by atoms with Crippen LogP contribution in [-0.4, -0.2) is 71.3 Å². The molecule has 1 aliphatic rings. The number of ether oxygens (including phenoxy) is 2. The van der Waals surface area contributed by atoms with Crippen molar-refractivity contribution >= 4 is 23.4 Å². The van der Waals surface area contributed by atoms with E-state index >= 15 is 0 Å². The molecule has 0 bridgehead atoms. The lowest BCUT2D eigenvalue weighted by Gasteiger charge is -2.29. The van der Waals surface area contributed by atoms with Crippen LogP contribution in [0.4, 0.5) is 5.69 Å². The molecule has 0 spiro atoms. The fraction of sp³-hybridized carbons (Fsp3) is 0.500. The van der Waals surface area contributed by atoms with E-state index in [1.54, 1.807) is 20.3 Å². The Morgan fingerprint density at radius 2 is 1.45 bits per heavy atom. The second-order valence-electron chi connectivity index (χ2n) is 15.6. The van der Waals surface area contributed by atoms with Gasteiger partial charge in [0.2, 0.25) is 17.7 Å². The number of rotatable bonds is 17. The quantitative estimate of drug-likeness (QED) is 0.0992. The Labute approximate surface area is 338 Å². The van der Waals surface area contributed by atoms with E-state index in [0.717, 1.165) is 24.1 Å². The Morgan fingerprint density at radius 3 is 2.02 bits per heavy atom. The number of benzene rings is 2. The molecule has 56 heavy (non-hydrogen) atoms. The summed E-state index contributed by atoms with van der Waals surface area (Å²) in [6.45, 7) is 26.7. The van der Waals surface area contributed by atoms with Gasteiger partial charge in [0.25, 0.3) is 0 Å². The summed E-state index contributed by atoms with van der Waals surface area (Å²) in [4.78, 5) is 38.4. The van der Waals surface area contributed by atoms with Crippen molar-refractivity contribution in [1.29, 1.82) is 0 Å². The predicted molar refractivity (Wildman–Crippen MR) is 233 cm³/mol. The first-order valence-electron chi connectivity index (χ1n) is 19.2. The van der Waals surface area contributed by atoms with Crippen LogP contribution in [0.1, 0.15) is 90.8 Å². The van der Waals surface area contributed by atoms with Gasteiger partial charge in [0.1, 0.15) is 0 Å². The lowest BCUT2D eigenvalue weighted by molar-refractivity contribution is -0.128. The summed E-state index contributed by atoms with van der Waals surface area (Å²) in [7, 11) is 5.36. The van der Waals surface area contributed by atoms with Gasteiger partial charge in [-0.1, -0.05) is 109 Å². The lowest BCUT2D eigenvalue weighted by Crippen LogP contribution is -2.46. The summed E-state index contributed by atoms with van der Waals surface area (Å²) in [5.41, 5.74) is 10.2. The number of nitrogens with one attached hydrogen (secondary N) is 3. The fourth-order valence-corrected chi connectivity index (χ4v) is 5.12. The maximum atomic E-state index is 12.3. The zero-order chi connectivity index (χ0) is 42.7. The number of nitrogens with zero attached hydrogens (tertiary/aromatic N) is 1. The minimum atomic E-state index is -0.407. The second kappa shape index (κ2) is 27.7. The molecule has 0 saturated heterocycles. The van der Waals surface area contributed by atoms with E-state index < -0.39 is 5.41 Å². The maximum absolute atomic E-state index is 12.3. The maximum Gasteiger partial charge on any atom is 0.239 e. The first kappa shape index (κ1) is 51.1. The summed E-state index contributed by atoms with van der Waals surface area (Å²) in [5, 5.41) is 8.33. The van der Waals surface area contributed by atoms with Gasteiger partial charge in [-0.3, -0.25) is 14.4 Å². The molecular weight excluding hydrogens is 703 g/mol. The fourth-order valence-electron chi connectivity index (χ4n) is 5.12. The third-order valence-electron chi connectivity index (χ3n) is 8.15. The molecule has 0 fully saturated rings. The topological polar surface area (TPSA) is 135 Å². The minimum Gasteiger partial charge on any atom is -0.401 e. The number of fused-ring (bicyclic) bond motifs is 2. The van der Waals surface area contributed by atoms with Crippen molar-refractivity contribution in [2.75, 3.05) is 52.5 Å². The van der Waals surface area contributed by atoms with Gasteiger partial charge in [-0.05, 0) is 47.9 Å². The molecule has 0 saturated carbocycles. The Balaban J connectivity index is 0.00000103. The summed E-state index contributed by atoms with van der Waals surface area (Å²) in [6, 6.07) is 16.3. The smallest absolute Gasteiger partial charge is 0.239 e.